The SMILES string of the molecule is COc1cnc2c(N3CC(C)N(C(=O)OC(C)(C)C)C(C)C3)ccc(C(=O)Nc3cc(F)c4nc(C)cn4c3)c2n1. The number of aromatic nitrogens is 4. The fraction of sp³-hybridized carbons (Fsp3) is 0.414. The first-order valence-corrected chi connectivity index (χ1v) is 13.4. The van der Waals surface area contributed by atoms with Crippen molar-refractivity contribution in [2.75, 3.05) is 30.4 Å². The summed E-state index contributed by atoms with van der Waals surface area (Å²) in [6.45, 7) is 12.3. The number of hydrogen-bond donors (Lipinski definition) is 1. The summed E-state index contributed by atoms with van der Waals surface area (Å²) in [4.78, 5) is 43.6. The molecule has 4 aromatic rings. The number of aryl methyl sites for hydroxylation is 1. The summed E-state index contributed by atoms with van der Waals surface area (Å²) in [6, 6.07) is 4.44. The van der Waals surface area contributed by atoms with Crippen molar-refractivity contribution in [2.24, 2.45) is 0 Å². The number of imidazole rings is 1. The van der Waals surface area contributed by atoms with Crippen molar-refractivity contribution in [1.29, 1.82) is 0 Å². The summed E-state index contributed by atoms with van der Waals surface area (Å²) in [5, 5.41) is 2.77. The second kappa shape index (κ2) is 10.5. The summed E-state index contributed by atoms with van der Waals surface area (Å²) in [6.07, 6.45) is 4.44. The van der Waals surface area contributed by atoms with Gasteiger partial charge in [-0.25, -0.2) is 24.1 Å². The lowest BCUT2D eigenvalue weighted by molar-refractivity contribution is 0.00566. The van der Waals surface area contributed by atoms with Crippen LogP contribution in [0.4, 0.5) is 20.6 Å². The van der Waals surface area contributed by atoms with Crippen molar-refractivity contribution in [2.45, 2.75) is 59.2 Å². The second-order valence-corrected chi connectivity index (χ2v) is 11.4. The second-order valence-electron chi connectivity index (χ2n) is 11.4. The van der Waals surface area contributed by atoms with Crippen LogP contribution in [0.3, 0.4) is 0 Å². The lowest BCUT2D eigenvalue weighted by Gasteiger charge is -2.45. The average molecular weight is 564 g/mol. The molecule has 2 amide bonds. The van der Waals surface area contributed by atoms with Crippen LogP contribution >= 0.6 is 0 Å². The van der Waals surface area contributed by atoms with E-state index in [0.717, 1.165) is 5.69 Å². The molecule has 0 aliphatic carbocycles. The molecule has 1 saturated heterocycles. The monoisotopic (exact) mass is 563 g/mol. The smallest absolute Gasteiger partial charge is 0.410 e. The fourth-order valence-corrected chi connectivity index (χ4v) is 5.25. The van der Waals surface area contributed by atoms with Gasteiger partial charge in [0.1, 0.15) is 16.6 Å². The number of nitrogens with zero attached hydrogens (tertiary/aromatic N) is 6. The average Bonchev–Trinajstić information content (AvgIpc) is 3.26. The Morgan fingerprint density at radius 1 is 1.07 bits per heavy atom. The molecule has 0 bridgehead atoms. The zero-order chi connectivity index (χ0) is 29.6. The van der Waals surface area contributed by atoms with Gasteiger partial charge in [0, 0.05) is 31.5 Å². The topological polar surface area (TPSA) is 114 Å². The molecule has 1 aliphatic rings. The number of nitrogens with one attached hydrogen (secondary N) is 1. The normalized spacial score (nSPS) is 17.7. The molecular weight excluding hydrogens is 529 g/mol. The molecule has 2 atom stereocenters. The van der Waals surface area contributed by atoms with Crippen LogP contribution in [0, 0.1) is 12.7 Å². The minimum atomic E-state index is -0.593. The largest absolute Gasteiger partial charge is 0.480 e. The Bertz CT molecular complexity index is 1640. The summed E-state index contributed by atoms with van der Waals surface area (Å²) in [5.74, 6) is -0.774. The number of amides is 2. The van der Waals surface area contributed by atoms with Gasteiger partial charge in [0.2, 0.25) is 5.88 Å². The molecule has 2 unspecified atom stereocenters. The number of halogens is 1. The highest BCUT2D eigenvalue weighted by molar-refractivity contribution is 6.13. The Balaban J connectivity index is 1.46. The highest BCUT2D eigenvalue weighted by atomic mass is 19.1. The number of ether oxygens (including phenoxy) is 2. The van der Waals surface area contributed by atoms with Gasteiger partial charge in [0.25, 0.3) is 5.91 Å². The molecule has 41 heavy (non-hydrogen) atoms. The number of benzene rings is 1. The first-order chi connectivity index (χ1) is 19.3. The highest BCUT2D eigenvalue weighted by Crippen LogP contribution is 2.32. The van der Waals surface area contributed by atoms with Crippen LogP contribution in [0.25, 0.3) is 16.7 Å². The van der Waals surface area contributed by atoms with Gasteiger partial charge < -0.3 is 24.1 Å². The third-order valence-electron chi connectivity index (χ3n) is 6.86. The van der Waals surface area contributed by atoms with Crippen molar-refractivity contribution in [1.82, 2.24) is 24.3 Å². The summed E-state index contributed by atoms with van der Waals surface area (Å²) in [7, 11) is 1.48. The van der Waals surface area contributed by atoms with Crippen molar-refractivity contribution in [3.63, 3.8) is 0 Å². The maximum Gasteiger partial charge on any atom is 0.410 e. The van der Waals surface area contributed by atoms with E-state index in [0.29, 0.717) is 29.8 Å². The molecule has 1 aromatic carbocycles. The Hall–Kier alpha value is -4.48. The van der Waals surface area contributed by atoms with Gasteiger partial charge in [-0.2, -0.15) is 0 Å². The zero-order valence-corrected chi connectivity index (χ0v) is 24.2. The van der Waals surface area contributed by atoms with Gasteiger partial charge in [0.05, 0.1) is 48.0 Å². The van der Waals surface area contributed by atoms with Crippen LogP contribution in [0.2, 0.25) is 0 Å². The standard InChI is InChI=1S/C29H34FN7O4/c1-16-12-36-15-19(10-21(30)26(36)32-16)33-27(38)20-8-9-22(25-24(20)34-23(40-7)11-31-25)35-13-17(2)37(18(3)14-35)28(39)41-29(4,5)6/h8-12,15,17-18H,13-14H2,1-7H3,(H,33,38). The minimum absolute atomic E-state index is 0.144. The molecule has 12 heteroatoms. The van der Waals surface area contributed by atoms with E-state index in [2.05, 4.69) is 25.2 Å². The van der Waals surface area contributed by atoms with Gasteiger partial charge in [-0.15, -0.1) is 0 Å². The third-order valence-corrected chi connectivity index (χ3v) is 6.86. The fourth-order valence-electron chi connectivity index (χ4n) is 5.25. The zero-order valence-electron chi connectivity index (χ0n) is 24.2. The van der Waals surface area contributed by atoms with E-state index in [1.54, 1.807) is 30.3 Å². The Kier molecular flexibility index (Phi) is 7.18. The van der Waals surface area contributed by atoms with Crippen LogP contribution < -0.4 is 15.0 Å². The predicted octanol–water partition coefficient (Wildman–Crippen LogP) is 4.82. The number of hydrogen-bond acceptors (Lipinski definition) is 8. The molecule has 11 nitrogen and oxygen atoms in total. The quantitative estimate of drug-likeness (QED) is 0.376. The molecule has 0 radical (unpaired) electrons. The van der Waals surface area contributed by atoms with E-state index >= 15 is 0 Å². The van der Waals surface area contributed by atoms with Crippen molar-refractivity contribution in [3.05, 3.63) is 53.9 Å². The predicted molar refractivity (Wildman–Crippen MR) is 153 cm³/mol. The molecule has 0 spiro atoms. The van der Waals surface area contributed by atoms with Gasteiger partial charge in [-0.3, -0.25) is 9.69 Å². The third kappa shape index (κ3) is 5.59. The van der Waals surface area contributed by atoms with Crippen LogP contribution in [0.5, 0.6) is 5.88 Å². The highest BCUT2D eigenvalue weighted by Gasteiger charge is 2.36. The molecule has 216 valence electrons. The molecule has 1 aliphatic heterocycles. The summed E-state index contributed by atoms with van der Waals surface area (Å²) >= 11 is 0. The number of carbonyl (C=O) groups is 2. The van der Waals surface area contributed by atoms with E-state index in [1.807, 2.05) is 40.7 Å². The van der Waals surface area contributed by atoms with Crippen molar-refractivity contribution < 1.29 is 23.5 Å². The molecule has 0 saturated carbocycles. The minimum Gasteiger partial charge on any atom is -0.480 e. The van der Waals surface area contributed by atoms with Crippen LogP contribution in [0.15, 0.2) is 36.8 Å². The number of fused-ring (bicyclic) bond motifs is 2. The number of piperazine rings is 1. The Morgan fingerprint density at radius 2 is 1.78 bits per heavy atom. The first-order valence-electron chi connectivity index (χ1n) is 13.4. The van der Waals surface area contributed by atoms with E-state index in [1.165, 1.54) is 23.8 Å². The van der Waals surface area contributed by atoms with E-state index in [4.69, 9.17) is 9.47 Å². The molecule has 5 rings (SSSR count). The molecular formula is C29H34FN7O4. The lowest BCUT2D eigenvalue weighted by Crippen LogP contribution is -2.59. The lowest BCUT2D eigenvalue weighted by atomic mass is 10.1. The van der Waals surface area contributed by atoms with Crippen LogP contribution in [0.1, 0.15) is 50.7 Å². The molecule has 4 heterocycles. The summed E-state index contributed by atoms with van der Waals surface area (Å²) < 4.78 is 27.1. The number of pyridine rings is 1. The first kappa shape index (κ1) is 28.1. The van der Waals surface area contributed by atoms with E-state index in [-0.39, 0.29) is 41.0 Å². The molecule has 1 fully saturated rings. The van der Waals surface area contributed by atoms with Gasteiger partial charge in [-0.05, 0) is 53.7 Å². The Labute approximate surface area is 237 Å². The van der Waals surface area contributed by atoms with Gasteiger partial charge >= 0.3 is 6.09 Å². The number of anilines is 2. The maximum absolute atomic E-state index is 14.6. The molecule has 3 aromatic heterocycles. The number of rotatable bonds is 4. The number of carbonyl (C=O) groups excluding carboxylic acids is 2. The van der Waals surface area contributed by atoms with Gasteiger partial charge in [0.15, 0.2) is 11.5 Å². The number of methoxy groups -OCH3 is 1. The van der Waals surface area contributed by atoms with E-state index < -0.39 is 17.3 Å². The van der Waals surface area contributed by atoms with Crippen molar-refractivity contribution >= 4 is 40.1 Å². The van der Waals surface area contributed by atoms with Crippen LogP contribution in [-0.2, 0) is 4.74 Å². The Morgan fingerprint density at radius 3 is 2.44 bits per heavy atom. The van der Waals surface area contributed by atoms with Crippen LogP contribution in [-0.4, -0.2) is 74.1 Å². The molecule has 1 N–H and O–H groups in total. The summed E-state index contributed by atoms with van der Waals surface area (Å²) in [5.41, 5.74) is 2.40. The van der Waals surface area contributed by atoms with Gasteiger partial charge in [-0.1, -0.05) is 0 Å². The van der Waals surface area contributed by atoms with Crippen molar-refractivity contribution in [3.8, 4) is 5.88 Å². The van der Waals surface area contributed by atoms with E-state index in [9.17, 15) is 14.0 Å². The maximum atomic E-state index is 14.6.